The van der Waals surface area contributed by atoms with Crippen LogP contribution in [0.1, 0.15) is 37.7 Å². The van der Waals surface area contributed by atoms with Crippen molar-refractivity contribution in [1.82, 2.24) is 5.32 Å². The Labute approximate surface area is 129 Å². The van der Waals surface area contributed by atoms with Crippen LogP contribution in [0.25, 0.3) is 0 Å². The molecule has 0 radical (unpaired) electrons. The van der Waals surface area contributed by atoms with Crippen molar-refractivity contribution in [3.63, 3.8) is 0 Å². The lowest BCUT2D eigenvalue weighted by atomic mass is 9.95. The number of hydrogen-bond acceptors (Lipinski definition) is 3. The van der Waals surface area contributed by atoms with Gasteiger partial charge in [0.1, 0.15) is 0 Å². The second-order valence-electron chi connectivity index (χ2n) is 5.75. The van der Waals surface area contributed by atoms with E-state index in [1.54, 1.807) is 11.8 Å². The molecule has 0 unspecified atom stereocenters. The second-order valence-corrected chi connectivity index (χ2v) is 6.76. The summed E-state index contributed by atoms with van der Waals surface area (Å²) in [5.41, 5.74) is 1.78. The number of thioether (sulfide) groups is 1. The van der Waals surface area contributed by atoms with Gasteiger partial charge in [0.05, 0.1) is 17.9 Å². The van der Waals surface area contributed by atoms with Gasteiger partial charge in [-0.3, -0.25) is 9.59 Å². The van der Waals surface area contributed by atoms with Crippen LogP contribution < -0.4 is 10.6 Å². The molecule has 1 heterocycles. The van der Waals surface area contributed by atoms with Crippen molar-refractivity contribution in [2.24, 2.45) is 0 Å². The average Bonchev–Trinajstić information content (AvgIpc) is 2.47. The number of amides is 2. The fourth-order valence-corrected chi connectivity index (χ4v) is 3.74. The normalized spacial score (nSPS) is 18.8. The zero-order valence-corrected chi connectivity index (χ0v) is 12.8. The van der Waals surface area contributed by atoms with E-state index in [4.69, 9.17) is 0 Å². The molecule has 2 aliphatic rings. The molecule has 2 N–H and O–H groups in total. The molecule has 0 bridgehead atoms. The molecule has 5 heteroatoms. The van der Waals surface area contributed by atoms with Gasteiger partial charge in [-0.15, -0.1) is 11.8 Å². The van der Waals surface area contributed by atoms with E-state index in [0.29, 0.717) is 18.2 Å². The monoisotopic (exact) mass is 304 g/mol. The van der Waals surface area contributed by atoms with E-state index in [2.05, 4.69) is 10.6 Å². The van der Waals surface area contributed by atoms with Crippen LogP contribution in [-0.2, 0) is 16.0 Å². The standard InChI is InChI=1S/C16H20N2O2S/c19-15(17-12-4-2-1-3-5-12)9-11-6-7-14-13(8-11)18-16(20)10-21-14/h6-8,12H,1-5,9-10H2,(H,17,19)(H,18,20). The van der Waals surface area contributed by atoms with Crippen LogP contribution in [0.15, 0.2) is 23.1 Å². The minimum Gasteiger partial charge on any atom is -0.353 e. The number of anilines is 1. The maximum atomic E-state index is 12.1. The van der Waals surface area contributed by atoms with E-state index in [-0.39, 0.29) is 11.8 Å². The molecule has 1 fully saturated rings. The summed E-state index contributed by atoms with van der Waals surface area (Å²) >= 11 is 1.54. The number of rotatable bonds is 3. The Bertz CT molecular complexity index is 553. The summed E-state index contributed by atoms with van der Waals surface area (Å²) in [4.78, 5) is 24.6. The van der Waals surface area contributed by atoms with Gasteiger partial charge in [0.25, 0.3) is 0 Å². The maximum Gasteiger partial charge on any atom is 0.234 e. The summed E-state index contributed by atoms with van der Waals surface area (Å²) in [6.45, 7) is 0. The number of nitrogens with one attached hydrogen (secondary N) is 2. The molecule has 1 aliphatic carbocycles. The van der Waals surface area contributed by atoms with Crippen molar-refractivity contribution in [1.29, 1.82) is 0 Å². The Morgan fingerprint density at radius 1 is 1.29 bits per heavy atom. The van der Waals surface area contributed by atoms with Crippen LogP contribution in [0, 0.1) is 0 Å². The minimum absolute atomic E-state index is 0.0244. The number of benzene rings is 1. The third kappa shape index (κ3) is 3.79. The van der Waals surface area contributed by atoms with E-state index in [9.17, 15) is 9.59 Å². The molecule has 4 nitrogen and oxygen atoms in total. The first-order valence-corrected chi connectivity index (χ1v) is 8.54. The predicted molar refractivity (Wildman–Crippen MR) is 84.5 cm³/mol. The van der Waals surface area contributed by atoms with Gasteiger partial charge in [-0.05, 0) is 30.5 Å². The molecular weight excluding hydrogens is 284 g/mol. The lowest BCUT2D eigenvalue weighted by molar-refractivity contribution is -0.121. The summed E-state index contributed by atoms with van der Waals surface area (Å²) in [5.74, 6) is 0.571. The fourth-order valence-electron chi connectivity index (χ4n) is 2.95. The summed E-state index contributed by atoms with van der Waals surface area (Å²) < 4.78 is 0. The smallest absolute Gasteiger partial charge is 0.234 e. The molecule has 0 aromatic heterocycles. The second kappa shape index (κ2) is 6.52. The van der Waals surface area contributed by atoms with E-state index in [1.807, 2.05) is 18.2 Å². The highest BCUT2D eigenvalue weighted by Gasteiger charge is 2.18. The van der Waals surface area contributed by atoms with Gasteiger partial charge in [0.15, 0.2) is 0 Å². The first kappa shape index (κ1) is 14.4. The molecule has 112 valence electrons. The van der Waals surface area contributed by atoms with Gasteiger partial charge in [0, 0.05) is 10.9 Å². The largest absolute Gasteiger partial charge is 0.353 e. The summed E-state index contributed by atoms with van der Waals surface area (Å²) in [6.07, 6.45) is 6.30. The highest BCUT2D eigenvalue weighted by atomic mass is 32.2. The van der Waals surface area contributed by atoms with E-state index in [1.165, 1.54) is 19.3 Å². The summed E-state index contributed by atoms with van der Waals surface area (Å²) in [5, 5.41) is 5.99. The van der Waals surface area contributed by atoms with E-state index >= 15 is 0 Å². The molecule has 1 saturated carbocycles. The third-order valence-electron chi connectivity index (χ3n) is 4.01. The highest BCUT2D eigenvalue weighted by molar-refractivity contribution is 8.00. The Hall–Kier alpha value is -1.49. The molecule has 1 aromatic rings. The van der Waals surface area contributed by atoms with Gasteiger partial charge in [0.2, 0.25) is 11.8 Å². The number of carbonyl (C=O) groups excluding carboxylic acids is 2. The zero-order chi connectivity index (χ0) is 14.7. The number of carbonyl (C=O) groups is 2. The van der Waals surface area contributed by atoms with Crippen molar-refractivity contribution in [3.05, 3.63) is 23.8 Å². The van der Waals surface area contributed by atoms with Crippen LogP contribution >= 0.6 is 11.8 Å². The van der Waals surface area contributed by atoms with Gasteiger partial charge in [-0.1, -0.05) is 25.3 Å². The molecule has 2 amide bonds. The van der Waals surface area contributed by atoms with Gasteiger partial charge in [-0.25, -0.2) is 0 Å². The number of fused-ring (bicyclic) bond motifs is 1. The topological polar surface area (TPSA) is 58.2 Å². The lowest BCUT2D eigenvalue weighted by Gasteiger charge is -2.23. The molecule has 21 heavy (non-hydrogen) atoms. The minimum atomic E-state index is 0.0244. The Kier molecular flexibility index (Phi) is 4.48. The van der Waals surface area contributed by atoms with E-state index < -0.39 is 0 Å². The summed E-state index contributed by atoms with van der Waals surface area (Å²) in [7, 11) is 0. The third-order valence-corrected chi connectivity index (χ3v) is 5.09. The van der Waals surface area contributed by atoms with Crippen molar-refractivity contribution < 1.29 is 9.59 Å². The summed E-state index contributed by atoms with van der Waals surface area (Å²) in [6, 6.07) is 6.23. The van der Waals surface area contributed by atoms with Crippen LogP contribution in [0.5, 0.6) is 0 Å². The average molecular weight is 304 g/mol. The molecular formula is C16H20N2O2S. The maximum absolute atomic E-state index is 12.1. The van der Waals surface area contributed by atoms with Crippen LogP contribution in [0.2, 0.25) is 0 Å². The zero-order valence-electron chi connectivity index (χ0n) is 12.0. The van der Waals surface area contributed by atoms with Gasteiger partial charge in [-0.2, -0.15) is 0 Å². The Morgan fingerprint density at radius 2 is 2.10 bits per heavy atom. The first-order chi connectivity index (χ1) is 10.2. The Balaban J connectivity index is 1.60. The van der Waals surface area contributed by atoms with Crippen LogP contribution in [-0.4, -0.2) is 23.6 Å². The predicted octanol–water partition coefficient (Wildman–Crippen LogP) is 2.72. The first-order valence-electron chi connectivity index (χ1n) is 7.55. The highest BCUT2D eigenvalue weighted by Crippen LogP contribution is 2.32. The van der Waals surface area contributed by atoms with Crippen LogP contribution in [0.4, 0.5) is 5.69 Å². The molecule has 0 spiro atoms. The SMILES string of the molecule is O=C1CSc2ccc(CC(=O)NC3CCCCC3)cc2N1. The van der Waals surface area contributed by atoms with Crippen molar-refractivity contribution >= 4 is 29.3 Å². The van der Waals surface area contributed by atoms with Crippen molar-refractivity contribution in [3.8, 4) is 0 Å². The number of hydrogen-bond donors (Lipinski definition) is 2. The molecule has 1 aliphatic heterocycles. The fraction of sp³-hybridized carbons (Fsp3) is 0.500. The van der Waals surface area contributed by atoms with Gasteiger partial charge < -0.3 is 10.6 Å². The Morgan fingerprint density at radius 3 is 2.90 bits per heavy atom. The molecule has 0 saturated heterocycles. The van der Waals surface area contributed by atoms with Gasteiger partial charge >= 0.3 is 0 Å². The molecule has 0 atom stereocenters. The van der Waals surface area contributed by atoms with Crippen molar-refractivity contribution in [2.45, 2.75) is 49.5 Å². The van der Waals surface area contributed by atoms with Crippen LogP contribution in [0.3, 0.4) is 0 Å². The van der Waals surface area contributed by atoms with Crippen molar-refractivity contribution in [2.75, 3.05) is 11.1 Å². The van der Waals surface area contributed by atoms with E-state index in [0.717, 1.165) is 29.0 Å². The molecule has 1 aromatic carbocycles. The lowest BCUT2D eigenvalue weighted by Crippen LogP contribution is -2.37. The molecule has 3 rings (SSSR count). The quantitative estimate of drug-likeness (QED) is 0.902.